The van der Waals surface area contributed by atoms with E-state index in [1.54, 1.807) is 0 Å². The summed E-state index contributed by atoms with van der Waals surface area (Å²) < 4.78 is 0. The third-order valence-electron chi connectivity index (χ3n) is 5.14. The average Bonchev–Trinajstić information content (AvgIpc) is 2.89. The number of aliphatic imine (C=N–C) groups is 1. The molecule has 3 rings (SSSR count). The Balaban J connectivity index is 1.56. The third-order valence-corrected chi connectivity index (χ3v) is 5.14. The highest BCUT2D eigenvalue weighted by Crippen LogP contribution is 2.18. The van der Waals surface area contributed by atoms with E-state index < -0.39 is 0 Å². The summed E-state index contributed by atoms with van der Waals surface area (Å²) in [5.74, 6) is 2.49. The molecule has 0 amide bonds. The first kappa shape index (κ1) is 17.1. The Morgan fingerprint density at radius 2 is 1.96 bits per heavy atom. The van der Waals surface area contributed by atoms with Crippen LogP contribution in [-0.2, 0) is 6.54 Å². The fourth-order valence-corrected chi connectivity index (χ4v) is 3.67. The number of nitrogens with zero attached hydrogens (tertiary/aromatic N) is 4. The number of rotatable bonds is 3. The largest absolute Gasteiger partial charge is 0.370 e. The molecule has 2 fully saturated rings. The molecule has 2 N–H and O–H groups in total. The van der Waals surface area contributed by atoms with Crippen LogP contribution in [0.1, 0.15) is 51.0 Å². The molecule has 5 heteroatoms. The monoisotopic (exact) mass is 329 g/mol. The highest BCUT2D eigenvalue weighted by Gasteiger charge is 2.17. The number of anilines is 1. The Hall–Kier alpha value is -1.78. The molecule has 1 aromatic rings. The van der Waals surface area contributed by atoms with E-state index in [1.165, 1.54) is 38.5 Å². The smallest absolute Gasteiger partial charge is 0.191 e. The molecule has 3 heterocycles. The van der Waals surface area contributed by atoms with Gasteiger partial charge in [-0.25, -0.2) is 9.98 Å². The van der Waals surface area contributed by atoms with E-state index >= 15 is 0 Å². The minimum atomic E-state index is 0.615. The van der Waals surface area contributed by atoms with Gasteiger partial charge in [-0.2, -0.15) is 0 Å². The van der Waals surface area contributed by atoms with E-state index in [0.29, 0.717) is 18.4 Å². The maximum atomic E-state index is 6.17. The van der Waals surface area contributed by atoms with Crippen molar-refractivity contribution in [3.05, 3.63) is 23.9 Å². The molecule has 1 aromatic heterocycles. The van der Waals surface area contributed by atoms with Crippen LogP contribution in [0.3, 0.4) is 0 Å². The van der Waals surface area contributed by atoms with Gasteiger partial charge in [-0.3, -0.25) is 0 Å². The summed E-state index contributed by atoms with van der Waals surface area (Å²) in [5.41, 5.74) is 7.30. The van der Waals surface area contributed by atoms with Crippen molar-refractivity contribution >= 4 is 11.8 Å². The summed E-state index contributed by atoms with van der Waals surface area (Å²) in [4.78, 5) is 13.8. The maximum Gasteiger partial charge on any atom is 0.191 e. The zero-order chi connectivity index (χ0) is 16.8. The Kier molecular flexibility index (Phi) is 5.94. The lowest BCUT2D eigenvalue weighted by atomic mass is 10.0. The van der Waals surface area contributed by atoms with Crippen molar-refractivity contribution in [1.82, 2.24) is 9.88 Å². The van der Waals surface area contributed by atoms with Gasteiger partial charge in [0.2, 0.25) is 0 Å². The number of pyridine rings is 1. The van der Waals surface area contributed by atoms with E-state index in [2.05, 4.69) is 38.8 Å². The normalized spacial score (nSPS) is 23.2. The Labute approximate surface area is 146 Å². The summed E-state index contributed by atoms with van der Waals surface area (Å²) in [6, 6.07) is 4.28. The van der Waals surface area contributed by atoms with Gasteiger partial charge in [-0.15, -0.1) is 0 Å². The summed E-state index contributed by atoms with van der Waals surface area (Å²) >= 11 is 0. The lowest BCUT2D eigenvalue weighted by Gasteiger charge is -2.31. The molecule has 0 aromatic carbocycles. The molecule has 0 bridgehead atoms. The average molecular weight is 329 g/mol. The van der Waals surface area contributed by atoms with Crippen LogP contribution >= 0.6 is 0 Å². The van der Waals surface area contributed by atoms with Gasteiger partial charge in [-0.1, -0.05) is 25.8 Å². The summed E-state index contributed by atoms with van der Waals surface area (Å²) in [5, 5.41) is 0. The standard InChI is InChI=1S/C19H31N5/c1-16-7-6-12-24(15-16)19(20)22-14-17-8-9-18(21-13-17)23-10-4-2-3-5-11-23/h8-9,13,16H,2-7,10-12,14-15H2,1H3,(H2,20,22). The fourth-order valence-electron chi connectivity index (χ4n) is 3.67. The molecule has 132 valence electrons. The van der Waals surface area contributed by atoms with Gasteiger partial charge in [-0.05, 0) is 43.2 Å². The summed E-state index contributed by atoms with van der Waals surface area (Å²) in [6.45, 7) is 7.22. The Morgan fingerprint density at radius 1 is 1.17 bits per heavy atom. The molecular weight excluding hydrogens is 298 g/mol. The van der Waals surface area contributed by atoms with Gasteiger partial charge in [0, 0.05) is 32.4 Å². The van der Waals surface area contributed by atoms with Gasteiger partial charge in [0.15, 0.2) is 5.96 Å². The van der Waals surface area contributed by atoms with Gasteiger partial charge in [0.1, 0.15) is 5.82 Å². The zero-order valence-electron chi connectivity index (χ0n) is 15.0. The second kappa shape index (κ2) is 8.36. The predicted octanol–water partition coefficient (Wildman–Crippen LogP) is 3.01. The molecule has 2 aliphatic heterocycles. The summed E-state index contributed by atoms with van der Waals surface area (Å²) in [7, 11) is 0. The summed E-state index contributed by atoms with van der Waals surface area (Å²) in [6.07, 6.45) is 9.71. The lowest BCUT2D eigenvalue weighted by Crippen LogP contribution is -2.43. The van der Waals surface area contributed by atoms with Gasteiger partial charge < -0.3 is 15.5 Å². The number of hydrogen-bond donors (Lipinski definition) is 1. The maximum absolute atomic E-state index is 6.17. The van der Waals surface area contributed by atoms with E-state index in [4.69, 9.17) is 5.73 Å². The van der Waals surface area contributed by atoms with Crippen molar-refractivity contribution in [3.63, 3.8) is 0 Å². The van der Waals surface area contributed by atoms with Gasteiger partial charge >= 0.3 is 0 Å². The minimum absolute atomic E-state index is 0.615. The first-order valence-corrected chi connectivity index (χ1v) is 9.47. The van der Waals surface area contributed by atoms with Crippen molar-refractivity contribution in [2.24, 2.45) is 16.6 Å². The molecular formula is C19H31N5. The molecule has 0 aliphatic carbocycles. The SMILES string of the molecule is CC1CCCN(C(N)=NCc2ccc(N3CCCCCC3)nc2)C1. The number of hydrogen-bond acceptors (Lipinski definition) is 3. The fraction of sp³-hybridized carbons (Fsp3) is 0.684. The number of likely N-dealkylation sites (tertiary alicyclic amines) is 1. The molecule has 1 unspecified atom stereocenters. The van der Waals surface area contributed by atoms with Gasteiger partial charge in [0.25, 0.3) is 0 Å². The van der Waals surface area contributed by atoms with Crippen molar-refractivity contribution in [2.75, 3.05) is 31.1 Å². The van der Waals surface area contributed by atoms with Crippen LogP contribution in [0.2, 0.25) is 0 Å². The topological polar surface area (TPSA) is 57.8 Å². The molecule has 2 saturated heterocycles. The Bertz CT molecular complexity index is 531. The molecule has 0 spiro atoms. The van der Waals surface area contributed by atoms with Crippen LogP contribution in [0.25, 0.3) is 0 Å². The quantitative estimate of drug-likeness (QED) is 0.684. The van der Waals surface area contributed by atoms with Crippen LogP contribution in [0, 0.1) is 5.92 Å². The van der Waals surface area contributed by atoms with Crippen LogP contribution in [0.4, 0.5) is 5.82 Å². The number of guanidine groups is 1. The zero-order valence-corrected chi connectivity index (χ0v) is 15.0. The van der Waals surface area contributed by atoms with Crippen LogP contribution in [0.5, 0.6) is 0 Å². The number of aromatic nitrogens is 1. The van der Waals surface area contributed by atoms with Crippen molar-refractivity contribution in [2.45, 2.75) is 52.0 Å². The van der Waals surface area contributed by atoms with Crippen LogP contribution in [0.15, 0.2) is 23.3 Å². The van der Waals surface area contributed by atoms with Crippen molar-refractivity contribution < 1.29 is 0 Å². The highest BCUT2D eigenvalue weighted by atomic mass is 15.3. The molecule has 0 saturated carbocycles. The van der Waals surface area contributed by atoms with Gasteiger partial charge in [0.05, 0.1) is 6.54 Å². The number of nitrogens with two attached hydrogens (primary N) is 1. The molecule has 24 heavy (non-hydrogen) atoms. The molecule has 0 radical (unpaired) electrons. The van der Waals surface area contributed by atoms with Crippen LogP contribution in [-0.4, -0.2) is 42.0 Å². The molecule has 1 atom stereocenters. The number of piperidine rings is 1. The Morgan fingerprint density at radius 3 is 2.62 bits per heavy atom. The van der Waals surface area contributed by atoms with E-state index in [-0.39, 0.29) is 0 Å². The van der Waals surface area contributed by atoms with E-state index in [9.17, 15) is 0 Å². The van der Waals surface area contributed by atoms with Crippen molar-refractivity contribution in [3.8, 4) is 0 Å². The second-order valence-corrected chi connectivity index (χ2v) is 7.29. The molecule has 2 aliphatic rings. The first-order chi connectivity index (χ1) is 11.7. The van der Waals surface area contributed by atoms with Crippen LogP contribution < -0.4 is 10.6 Å². The van der Waals surface area contributed by atoms with E-state index in [1.807, 2.05) is 6.20 Å². The van der Waals surface area contributed by atoms with E-state index in [0.717, 1.165) is 37.6 Å². The lowest BCUT2D eigenvalue weighted by molar-refractivity contribution is 0.270. The van der Waals surface area contributed by atoms with Crippen molar-refractivity contribution in [1.29, 1.82) is 0 Å². The molecule has 5 nitrogen and oxygen atoms in total. The second-order valence-electron chi connectivity index (χ2n) is 7.29. The first-order valence-electron chi connectivity index (χ1n) is 9.47. The minimum Gasteiger partial charge on any atom is -0.370 e. The predicted molar refractivity (Wildman–Crippen MR) is 100 cm³/mol. The highest BCUT2D eigenvalue weighted by molar-refractivity contribution is 5.78. The third kappa shape index (κ3) is 4.62.